The number of halogens is 1. The number of likely N-dealkylation sites (tertiary alicyclic amines) is 1. The standard InChI is InChI=1S/C16H23BrN2/c17-15-3-1-14(2-4-15)13-19-11-7-16(8-12-19)5-9-18-10-6-16/h1-4,18H,5-13H2. The zero-order chi connectivity index (χ0) is 13.1. The number of hydrogen-bond donors (Lipinski definition) is 1. The largest absolute Gasteiger partial charge is 0.317 e. The lowest BCUT2D eigenvalue weighted by Gasteiger charge is -2.44. The van der Waals surface area contributed by atoms with Gasteiger partial charge in [-0.1, -0.05) is 28.1 Å². The first-order chi connectivity index (χ1) is 9.26. The molecule has 0 aromatic heterocycles. The number of nitrogens with one attached hydrogen (secondary N) is 1. The molecule has 2 saturated heterocycles. The Morgan fingerprint density at radius 1 is 1.00 bits per heavy atom. The van der Waals surface area contributed by atoms with E-state index in [9.17, 15) is 0 Å². The molecule has 1 aromatic carbocycles. The van der Waals surface area contributed by atoms with Gasteiger partial charge < -0.3 is 5.32 Å². The fourth-order valence-electron chi connectivity index (χ4n) is 3.49. The van der Waals surface area contributed by atoms with Gasteiger partial charge in [-0.05, 0) is 75.0 Å². The molecule has 0 atom stereocenters. The van der Waals surface area contributed by atoms with E-state index in [1.165, 1.54) is 61.9 Å². The minimum atomic E-state index is 0.668. The van der Waals surface area contributed by atoms with E-state index in [0.717, 1.165) is 6.54 Å². The number of nitrogens with zero attached hydrogens (tertiary/aromatic N) is 1. The number of hydrogen-bond acceptors (Lipinski definition) is 2. The van der Waals surface area contributed by atoms with Crippen molar-refractivity contribution in [1.82, 2.24) is 10.2 Å². The maximum absolute atomic E-state index is 3.50. The van der Waals surface area contributed by atoms with Gasteiger partial charge in [0.25, 0.3) is 0 Å². The van der Waals surface area contributed by atoms with Crippen molar-refractivity contribution < 1.29 is 0 Å². The van der Waals surface area contributed by atoms with Gasteiger partial charge in [0.1, 0.15) is 0 Å². The molecule has 1 N–H and O–H groups in total. The Hall–Kier alpha value is -0.380. The first-order valence-electron chi connectivity index (χ1n) is 7.43. The predicted molar refractivity (Wildman–Crippen MR) is 83.2 cm³/mol. The SMILES string of the molecule is Brc1ccc(CN2CCC3(CCNCC3)CC2)cc1. The lowest BCUT2D eigenvalue weighted by atomic mass is 9.71. The molecular formula is C16H23BrN2. The lowest BCUT2D eigenvalue weighted by Crippen LogP contribution is -2.45. The molecule has 19 heavy (non-hydrogen) atoms. The molecule has 2 heterocycles. The highest BCUT2D eigenvalue weighted by Crippen LogP contribution is 2.39. The second-order valence-electron chi connectivity index (χ2n) is 6.15. The van der Waals surface area contributed by atoms with Gasteiger partial charge >= 0.3 is 0 Å². The van der Waals surface area contributed by atoms with Crippen molar-refractivity contribution in [3.05, 3.63) is 34.3 Å². The second-order valence-corrected chi connectivity index (χ2v) is 7.07. The Labute approximate surface area is 124 Å². The third-order valence-electron chi connectivity index (χ3n) is 4.90. The number of rotatable bonds is 2. The summed E-state index contributed by atoms with van der Waals surface area (Å²) in [6.07, 6.45) is 5.56. The van der Waals surface area contributed by atoms with Crippen LogP contribution < -0.4 is 5.32 Å². The molecule has 0 amide bonds. The normalized spacial score (nSPS) is 23.6. The topological polar surface area (TPSA) is 15.3 Å². The van der Waals surface area contributed by atoms with Crippen molar-refractivity contribution in [3.63, 3.8) is 0 Å². The van der Waals surface area contributed by atoms with Crippen LogP contribution in [0.1, 0.15) is 31.2 Å². The van der Waals surface area contributed by atoms with Crippen LogP contribution >= 0.6 is 15.9 Å². The molecule has 1 aromatic rings. The van der Waals surface area contributed by atoms with Crippen molar-refractivity contribution in [2.45, 2.75) is 32.2 Å². The molecule has 1 spiro atoms. The Morgan fingerprint density at radius 2 is 1.63 bits per heavy atom. The Balaban J connectivity index is 1.54. The quantitative estimate of drug-likeness (QED) is 0.897. The molecule has 2 aliphatic rings. The average molecular weight is 323 g/mol. The van der Waals surface area contributed by atoms with Crippen LogP contribution in [0.5, 0.6) is 0 Å². The summed E-state index contributed by atoms with van der Waals surface area (Å²) in [4.78, 5) is 2.62. The molecule has 2 nitrogen and oxygen atoms in total. The molecule has 3 heteroatoms. The van der Waals surface area contributed by atoms with Gasteiger partial charge in [-0.25, -0.2) is 0 Å². The molecule has 2 fully saturated rings. The Morgan fingerprint density at radius 3 is 2.26 bits per heavy atom. The predicted octanol–water partition coefficient (Wildman–Crippen LogP) is 3.41. The maximum atomic E-state index is 3.50. The van der Waals surface area contributed by atoms with E-state index < -0.39 is 0 Å². The summed E-state index contributed by atoms with van der Waals surface area (Å²) >= 11 is 3.50. The molecular weight excluding hydrogens is 300 g/mol. The highest BCUT2D eigenvalue weighted by atomic mass is 79.9. The van der Waals surface area contributed by atoms with Crippen LogP contribution in [0.15, 0.2) is 28.7 Å². The lowest BCUT2D eigenvalue weighted by molar-refractivity contribution is 0.0701. The van der Waals surface area contributed by atoms with Gasteiger partial charge in [-0.3, -0.25) is 4.90 Å². The van der Waals surface area contributed by atoms with E-state index in [0.29, 0.717) is 5.41 Å². The summed E-state index contributed by atoms with van der Waals surface area (Å²) in [6.45, 7) is 6.12. The van der Waals surface area contributed by atoms with E-state index >= 15 is 0 Å². The highest BCUT2D eigenvalue weighted by molar-refractivity contribution is 9.10. The van der Waals surface area contributed by atoms with Crippen molar-refractivity contribution in [2.24, 2.45) is 5.41 Å². The molecule has 0 radical (unpaired) electrons. The summed E-state index contributed by atoms with van der Waals surface area (Å²) < 4.78 is 1.17. The Kier molecular flexibility index (Phi) is 4.25. The summed E-state index contributed by atoms with van der Waals surface area (Å²) in [6, 6.07) is 8.76. The first-order valence-corrected chi connectivity index (χ1v) is 8.23. The molecule has 0 saturated carbocycles. The first kappa shape index (κ1) is 13.6. The van der Waals surface area contributed by atoms with Crippen LogP contribution in [-0.4, -0.2) is 31.1 Å². The minimum absolute atomic E-state index is 0.668. The van der Waals surface area contributed by atoms with E-state index in [2.05, 4.69) is 50.4 Å². The minimum Gasteiger partial charge on any atom is -0.317 e. The average Bonchev–Trinajstić information content (AvgIpc) is 2.45. The van der Waals surface area contributed by atoms with Crippen molar-refractivity contribution in [2.75, 3.05) is 26.2 Å². The summed E-state index contributed by atoms with van der Waals surface area (Å²) in [5.74, 6) is 0. The van der Waals surface area contributed by atoms with E-state index in [4.69, 9.17) is 0 Å². The van der Waals surface area contributed by atoms with Gasteiger partial charge in [-0.15, -0.1) is 0 Å². The van der Waals surface area contributed by atoms with Gasteiger partial charge in [0, 0.05) is 11.0 Å². The van der Waals surface area contributed by atoms with Gasteiger partial charge in [0.15, 0.2) is 0 Å². The maximum Gasteiger partial charge on any atom is 0.0233 e. The van der Waals surface area contributed by atoms with Crippen molar-refractivity contribution in [1.29, 1.82) is 0 Å². The van der Waals surface area contributed by atoms with Crippen LogP contribution in [0.4, 0.5) is 0 Å². The van der Waals surface area contributed by atoms with Gasteiger partial charge in [0.05, 0.1) is 0 Å². The third-order valence-corrected chi connectivity index (χ3v) is 5.43. The molecule has 0 unspecified atom stereocenters. The zero-order valence-electron chi connectivity index (χ0n) is 11.5. The van der Waals surface area contributed by atoms with Gasteiger partial charge in [-0.2, -0.15) is 0 Å². The fourth-order valence-corrected chi connectivity index (χ4v) is 3.75. The smallest absolute Gasteiger partial charge is 0.0233 e. The monoisotopic (exact) mass is 322 g/mol. The zero-order valence-corrected chi connectivity index (χ0v) is 13.1. The molecule has 2 aliphatic heterocycles. The molecule has 0 aliphatic carbocycles. The third kappa shape index (κ3) is 3.39. The molecule has 104 valence electrons. The Bertz CT molecular complexity index is 399. The second kappa shape index (κ2) is 5.94. The van der Waals surface area contributed by atoms with Crippen molar-refractivity contribution in [3.8, 4) is 0 Å². The van der Waals surface area contributed by atoms with Crippen LogP contribution in [0, 0.1) is 5.41 Å². The highest BCUT2D eigenvalue weighted by Gasteiger charge is 2.35. The summed E-state index contributed by atoms with van der Waals surface area (Å²) in [5, 5.41) is 3.49. The molecule has 3 rings (SSSR count). The van der Waals surface area contributed by atoms with Crippen LogP contribution in [0.2, 0.25) is 0 Å². The van der Waals surface area contributed by atoms with E-state index in [1.54, 1.807) is 0 Å². The molecule has 0 bridgehead atoms. The summed E-state index contributed by atoms with van der Waals surface area (Å²) in [7, 11) is 0. The van der Waals surface area contributed by atoms with E-state index in [-0.39, 0.29) is 0 Å². The summed E-state index contributed by atoms with van der Waals surface area (Å²) in [5.41, 5.74) is 2.10. The van der Waals surface area contributed by atoms with Gasteiger partial charge in [0.2, 0.25) is 0 Å². The van der Waals surface area contributed by atoms with Crippen molar-refractivity contribution >= 4 is 15.9 Å². The van der Waals surface area contributed by atoms with E-state index in [1.807, 2.05) is 0 Å². The number of piperidine rings is 2. The van der Waals surface area contributed by atoms with Crippen LogP contribution in [0.25, 0.3) is 0 Å². The fraction of sp³-hybridized carbons (Fsp3) is 0.625. The number of benzene rings is 1. The van der Waals surface area contributed by atoms with Crippen LogP contribution in [-0.2, 0) is 6.54 Å². The van der Waals surface area contributed by atoms with Crippen LogP contribution in [0.3, 0.4) is 0 Å².